The van der Waals surface area contributed by atoms with Crippen LogP contribution in [0.1, 0.15) is 57.9 Å². The van der Waals surface area contributed by atoms with Crippen LogP contribution in [0.15, 0.2) is 24.3 Å². The smallest absolute Gasteiger partial charge is 0.311 e. The van der Waals surface area contributed by atoms with Gasteiger partial charge in [0.25, 0.3) is 0 Å². The number of rotatable bonds is 4. The van der Waals surface area contributed by atoms with Crippen molar-refractivity contribution in [3.63, 3.8) is 0 Å². The summed E-state index contributed by atoms with van der Waals surface area (Å²) in [7, 11) is 2.06. The zero-order chi connectivity index (χ0) is 19.6. The number of piperidine rings is 1. The van der Waals surface area contributed by atoms with Crippen LogP contribution in [0.25, 0.3) is 0 Å². The third-order valence-electron chi connectivity index (χ3n) is 6.65. The summed E-state index contributed by atoms with van der Waals surface area (Å²) in [5.74, 6) is 1.21. The highest BCUT2D eigenvalue weighted by Gasteiger charge is 2.39. The van der Waals surface area contributed by atoms with E-state index in [0.29, 0.717) is 24.3 Å². The maximum atomic E-state index is 13.3. The summed E-state index contributed by atoms with van der Waals surface area (Å²) in [5, 5.41) is 0. The molecule has 0 amide bonds. The molecule has 1 aliphatic heterocycles. The molecule has 1 saturated carbocycles. The molecule has 1 aliphatic carbocycles. The van der Waals surface area contributed by atoms with E-state index < -0.39 is 0 Å². The van der Waals surface area contributed by atoms with Crippen molar-refractivity contribution in [2.45, 2.75) is 58.5 Å². The summed E-state index contributed by atoms with van der Waals surface area (Å²) in [4.78, 5) is 15.4. The highest BCUT2D eigenvalue weighted by molar-refractivity contribution is 5.74. The molecule has 0 radical (unpaired) electrons. The van der Waals surface area contributed by atoms with Crippen molar-refractivity contribution in [3.8, 4) is 0 Å². The maximum absolute atomic E-state index is 13.3. The van der Waals surface area contributed by atoms with Crippen molar-refractivity contribution in [2.24, 2.45) is 23.7 Å². The first-order valence-corrected chi connectivity index (χ1v) is 10.5. The van der Waals surface area contributed by atoms with Crippen molar-refractivity contribution >= 4 is 5.97 Å². The molecule has 2 fully saturated rings. The van der Waals surface area contributed by atoms with Gasteiger partial charge in [-0.1, -0.05) is 39.3 Å². The van der Waals surface area contributed by atoms with E-state index in [1.165, 1.54) is 18.6 Å². The largest absolute Gasteiger partial charge is 0.462 e. The zero-order valence-corrected chi connectivity index (χ0v) is 17.2. The Morgan fingerprint density at radius 3 is 2.56 bits per heavy atom. The molecule has 4 heteroatoms. The van der Waals surface area contributed by atoms with E-state index in [1.54, 1.807) is 0 Å². The van der Waals surface area contributed by atoms with E-state index in [9.17, 15) is 9.18 Å². The lowest BCUT2D eigenvalue weighted by molar-refractivity contribution is -0.163. The molecule has 2 aliphatic rings. The van der Waals surface area contributed by atoms with Crippen LogP contribution in [0.5, 0.6) is 0 Å². The van der Waals surface area contributed by atoms with Crippen LogP contribution in [0.4, 0.5) is 4.39 Å². The number of ether oxygens (including phenoxy) is 1. The van der Waals surface area contributed by atoms with Gasteiger partial charge in [-0.3, -0.25) is 4.79 Å². The number of esters is 1. The van der Waals surface area contributed by atoms with Gasteiger partial charge in [0.2, 0.25) is 0 Å². The maximum Gasteiger partial charge on any atom is 0.311 e. The Morgan fingerprint density at radius 1 is 1.19 bits per heavy atom. The monoisotopic (exact) mass is 375 g/mol. The molecule has 5 atom stereocenters. The van der Waals surface area contributed by atoms with Crippen LogP contribution < -0.4 is 0 Å². The van der Waals surface area contributed by atoms with Crippen molar-refractivity contribution in [1.29, 1.82) is 0 Å². The molecule has 27 heavy (non-hydrogen) atoms. The Balaban J connectivity index is 1.75. The third-order valence-corrected chi connectivity index (χ3v) is 6.65. The predicted molar refractivity (Wildman–Crippen MR) is 106 cm³/mol. The Bertz CT molecular complexity index is 630. The predicted octanol–water partition coefficient (Wildman–Crippen LogP) is 4.87. The molecule has 3 rings (SSSR count). The molecular formula is C23H34FNO2. The van der Waals surface area contributed by atoms with Crippen LogP contribution in [0.2, 0.25) is 0 Å². The third kappa shape index (κ3) is 4.90. The highest BCUT2D eigenvalue weighted by atomic mass is 19.1. The van der Waals surface area contributed by atoms with E-state index >= 15 is 0 Å². The number of benzene rings is 1. The average molecular weight is 376 g/mol. The normalized spacial score (nSPS) is 32.4. The molecule has 0 bridgehead atoms. The second kappa shape index (κ2) is 8.72. The number of hydrogen-bond acceptors (Lipinski definition) is 3. The van der Waals surface area contributed by atoms with Gasteiger partial charge < -0.3 is 9.64 Å². The molecule has 1 saturated heterocycles. The number of likely N-dealkylation sites (tertiary alicyclic amines) is 1. The van der Waals surface area contributed by atoms with Gasteiger partial charge in [0.05, 0.1) is 5.92 Å². The average Bonchev–Trinajstić information content (AvgIpc) is 2.62. The summed E-state index contributed by atoms with van der Waals surface area (Å²) >= 11 is 0. The van der Waals surface area contributed by atoms with E-state index in [1.807, 2.05) is 12.1 Å². The molecule has 150 valence electrons. The fraction of sp³-hybridized carbons (Fsp3) is 0.696. The quantitative estimate of drug-likeness (QED) is 0.704. The van der Waals surface area contributed by atoms with Crippen LogP contribution >= 0.6 is 0 Å². The molecule has 3 nitrogen and oxygen atoms in total. The first-order chi connectivity index (χ1) is 12.8. The number of halogens is 1. The van der Waals surface area contributed by atoms with Crippen molar-refractivity contribution in [1.82, 2.24) is 4.90 Å². The Kier molecular flexibility index (Phi) is 6.56. The zero-order valence-electron chi connectivity index (χ0n) is 17.2. The van der Waals surface area contributed by atoms with Crippen molar-refractivity contribution < 1.29 is 13.9 Å². The number of hydrogen-bond donors (Lipinski definition) is 0. The molecule has 0 N–H and O–H groups in total. The second-order valence-electron chi connectivity index (χ2n) is 9.12. The number of nitrogens with zero attached hydrogens (tertiary/aromatic N) is 1. The van der Waals surface area contributed by atoms with Gasteiger partial charge in [-0.05, 0) is 74.2 Å². The van der Waals surface area contributed by atoms with Gasteiger partial charge >= 0.3 is 5.97 Å². The highest BCUT2D eigenvalue weighted by Crippen LogP contribution is 2.38. The van der Waals surface area contributed by atoms with Gasteiger partial charge in [0.1, 0.15) is 11.9 Å². The summed E-state index contributed by atoms with van der Waals surface area (Å²) in [5.41, 5.74) is 1.05. The molecule has 0 aromatic heterocycles. The molecular weight excluding hydrogens is 341 g/mol. The van der Waals surface area contributed by atoms with Crippen LogP contribution in [0, 0.1) is 29.5 Å². The standard InChI is InChI=1S/C23H34FNO2/c1-15(2)19-10-5-16(3)13-22(19)27-23(26)21-14-25(4)12-11-20(21)17-6-8-18(24)9-7-17/h6-9,15-16,19-22H,5,10-14H2,1-4H3. The minimum Gasteiger partial charge on any atom is -0.462 e. The summed E-state index contributed by atoms with van der Waals surface area (Å²) < 4.78 is 19.5. The lowest BCUT2D eigenvalue weighted by atomic mass is 9.75. The lowest BCUT2D eigenvalue weighted by Crippen LogP contribution is -2.44. The number of carbonyl (C=O) groups excluding carboxylic acids is 1. The van der Waals surface area contributed by atoms with Gasteiger partial charge in [0, 0.05) is 6.54 Å². The van der Waals surface area contributed by atoms with Crippen molar-refractivity contribution in [3.05, 3.63) is 35.6 Å². The van der Waals surface area contributed by atoms with Crippen LogP contribution in [-0.4, -0.2) is 37.1 Å². The Morgan fingerprint density at radius 2 is 1.89 bits per heavy atom. The first kappa shape index (κ1) is 20.3. The van der Waals surface area contributed by atoms with E-state index in [2.05, 4.69) is 32.7 Å². The number of carbonyl (C=O) groups is 1. The van der Waals surface area contributed by atoms with Crippen LogP contribution in [0.3, 0.4) is 0 Å². The second-order valence-corrected chi connectivity index (χ2v) is 9.12. The molecule has 1 aromatic rings. The van der Waals surface area contributed by atoms with Gasteiger partial charge in [-0.15, -0.1) is 0 Å². The van der Waals surface area contributed by atoms with Crippen LogP contribution in [-0.2, 0) is 9.53 Å². The fourth-order valence-electron chi connectivity index (χ4n) is 4.95. The summed E-state index contributed by atoms with van der Waals surface area (Å²) in [6.45, 7) is 8.37. The molecule has 5 unspecified atom stereocenters. The van der Waals surface area contributed by atoms with E-state index in [-0.39, 0.29) is 29.7 Å². The van der Waals surface area contributed by atoms with Gasteiger partial charge in [-0.2, -0.15) is 0 Å². The lowest BCUT2D eigenvalue weighted by Gasteiger charge is -2.40. The Labute approximate surface area is 163 Å². The van der Waals surface area contributed by atoms with E-state index in [4.69, 9.17) is 4.74 Å². The van der Waals surface area contributed by atoms with Crippen molar-refractivity contribution in [2.75, 3.05) is 20.1 Å². The topological polar surface area (TPSA) is 29.5 Å². The SMILES string of the molecule is CC1CCC(C(C)C)C(OC(=O)C2CN(C)CCC2c2ccc(F)cc2)C1. The summed E-state index contributed by atoms with van der Waals surface area (Å²) in [6, 6.07) is 6.64. The van der Waals surface area contributed by atoms with E-state index in [0.717, 1.165) is 31.4 Å². The molecule has 1 aromatic carbocycles. The molecule has 1 heterocycles. The molecule has 0 spiro atoms. The fourth-order valence-corrected chi connectivity index (χ4v) is 4.95. The first-order valence-electron chi connectivity index (χ1n) is 10.5. The summed E-state index contributed by atoms with van der Waals surface area (Å²) in [6.07, 6.45) is 4.27. The minimum atomic E-state index is -0.234. The van der Waals surface area contributed by atoms with Gasteiger partial charge in [-0.25, -0.2) is 4.39 Å². The van der Waals surface area contributed by atoms with Gasteiger partial charge in [0.15, 0.2) is 0 Å². The Hall–Kier alpha value is -1.42. The minimum absolute atomic E-state index is 0.0300.